The maximum absolute atomic E-state index is 14.2. The molecule has 6 rings (SSSR count). The Morgan fingerprint density at radius 1 is 1.00 bits per heavy atom. The van der Waals surface area contributed by atoms with E-state index in [1.807, 2.05) is 13.8 Å². The lowest BCUT2D eigenvalue weighted by Gasteiger charge is -2.24. The van der Waals surface area contributed by atoms with Crippen molar-refractivity contribution < 1.29 is 38.0 Å². The Hall–Kier alpha value is -4.62. The van der Waals surface area contributed by atoms with Crippen LogP contribution >= 0.6 is 23.1 Å². The zero-order chi connectivity index (χ0) is 31.5. The number of ether oxygens (including phenoxy) is 4. The minimum atomic E-state index is -1.08. The molecule has 3 aromatic carbocycles. The molecule has 0 aliphatic carbocycles. The third-order valence-corrected chi connectivity index (χ3v) is 9.16. The van der Waals surface area contributed by atoms with Crippen molar-refractivity contribution in [3.8, 4) is 23.0 Å². The molecule has 13 heteroatoms. The number of thioether (sulfide) groups is 1. The highest BCUT2D eigenvalue weighted by Crippen LogP contribution is 2.46. The van der Waals surface area contributed by atoms with Gasteiger partial charge in [-0.05, 0) is 61.4 Å². The normalized spacial score (nSPS) is 17.0. The summed E-state index contributed by atoms with van der Waals surface area (Å²) in [7, 11) is 0. The van der Waals surface area contributed by atoms with Gasteiger partial charge in [-0.2, -0.15) is 0 Å². The molecule has 2 aliphatic rings. The summed E-state index contributed by atoms with van der Waals surface area (Å²) in [6.45, 7) is 5.16. The molecule has 3 heterocycles. The van der Waals surface area contributed by atoms with Gasteiger partial charge in [-0.3, -0.25) is 14.5 Å². The van der Waals surface area contributed by atoms with E-state index < -0.39 is 17.7 Å². The number of fused-ring (bicyclic) bond motifs is 1. The Morgan fingerprint density at radius 2 is 1.76 bits per heavy atom. The van der Waals surface area contributed by atoms with E-state index in [2.05, 4.69) is 10.2 Å². The van der Waals surface area contributed by atoms with E-state index >= 15 is 0 Å². The minimum Gasteiger partial charge on any atom is -0.507 e. The van der Waals surface area contributed by atoms with Crippen LogP contribution in [0.25, 0.3) is 5.76 Å². The zero-order valence-corrected chi connectivity index (χ0v) is 26.0. The molecule has 0 unspecified atom stereocenters. The largest absolute Gasteiger partial charge is 0.507 e. The number of hydrogen-bond acceptors (Lipinski definition) is 11. The van der Waals surface area contributed by atoms with Crippen molar-refractivity contribution >= 4 is 45.7 Å². The number of aliphatic hydroxyl groups excluding tert-OH is 1. The monoisotopic (exact) mass is 649 g/mol. The predicted molar refractivity (Wildman–Crippen MR) is 167 cm³/mol. The fraction of sp³-hybridized carbons (Fsp3) is 0.250. The van der Waals surface area contributed by atoms with Gasteiger partial charge in [0.05, 0.1) is 24.8 Å². The van der Waals surface area contributed by atoms with Gasteiger partial charge in [0.25, 0.3) is 5.78 Å². The number of aromatic nitrogens is 2. The van der Waals surface area contributed by atoms with Gasteiger partial charge in [0.2, 0.25) is 5.13 Å². The molecular formula is C32H28FN3O7S2. The average Bonchev–Trinajstić information content (AvgIpc) is 3.62. The van der Waals surface area contributed by atoms with Gasteiger partial charge in [-0.15, -0.1) is 10.2 Å². The van der Waals surface area contributed by atoms with Crippen molar-refractivity contribution in [3.63, 3.8) is 0 Å². The number of benzene rings is 3. The number of ketones is 1. The van der Waals surface area contributed by atoms with Crippen LogP contribution in [0.5, 0.6) is 23.0 Å². The second-order valence-electron chi connectivity index (χ2n) is 9.83. The SMILES string of the molecule is CCOc1ccc([C@@H]2C(=C(O)c3ccc4c(c3)OCCO4)C(=O)C(=O)N2c2nnc(SCc3ccccc3F)s2)cc1OCC. The van der Waals surface area contributed by atoms with E-state index in [1.165, 1.54) is 22.7 Å². The molecule has 1 amide bonds. The van der Waals surface area contributed by atoms with Gasteiger partial charge in [-0.25, -0.2) is 4.39 Å². The molecule has 10 nitrogen and oxygen atoms in total. The van der Waals surface area contributed by atoms with E-state index in [0.717, 1.165) is 11.3 Å². The number of anilines is 1. The Labute approximate surface area is 266 Å². The van der Waals surface area contributed by atoms with Gasteiger partial charge in [0.15, 0.2) is 27.3 Å². The number of amides is 1. The lowest BCUT2D eigenvalue weighted by molar-refractivity contribution is -0.132. The third-order valence-electron chi connectivity index (χ3n) is 7.05. The first kappa shape index (κ1) is 30.4. The fourth-order valence-corrected chi connectivity index (χ4v) is 6.90. The van der Waals surface area contributed by atoms with Crippen LogP contribution in [0.3, 0.4) is 0 Å². The molecule has 0 bridgehead atoms. The third kappa shape index (κ3) is 6.05. The lowest BCUT2D eigenvalue weighted by Crippen LogP contribution is -2.29. The molecule has 1 N–H and O–H groups in total. The topological polar surface area (TPSA) is 120 Å². The number of nitrogens with zero attached hydrogens (tertiary/aromatic N) is 3. The van der Waals surface area contributed by atoms with Gasteiger partial charge in [-0.1, -0.05) is 47.4 Å². The number of halogens is 1. The van der Waals surface area contributed by atoms with Crippen LogP contribution in [0.2, 0.25) is 0 Å². The Kier molecular flexibility index (Phi) is 8.90. The predicted octanol–water partition coefficient (Wildman–Crippen LogP) is 6.16. The summed E-state index contributed by atoms with van der Waals surface area (Å²) in [6, 6.07) is 15.3. The molecule has 4 aromatic rings. The van der Waals surface area contributed by atoms with Gasteiger partial charge in [0.1, 0.15) is 24.8 Å². The Morgan fingerprint density at radius 3 is 2.53 bits per heavy atom. The van der Waals surface area contributed by atoms with E-state index in [0.29, 0.717) is 70.6 Å². The first-order chi connectivity index (χ1) is 21.9. The molecule has 0 spiro atoms. The molecule has 1 aromatic heterocycles. The quantitative estimate of drug-likeness (QED) is 0.0703. The molecule has 1 atom stereocenters. The summed E-state index contributed by atoms with van der Waals surface area (Å²) in [4.78, 5) is 28.6. The first-order valence-electron chi connectivity index (χ1n) is 14.2. The first-order valence-corrected chi connectivity index (χ1v) is 16.0. The summed E-state index contributed by atoms with van der Waals surface area (Å²) >= 11 is 2.35. The number of hydrogen-bond donors (Lipinski definition) is 1. The summed E-state index contributed by atoms with van der Waals surface area (Å²) in [5, 5.41) is 20.2. The maximum atomic E-state index is 14.2. The van der Waals surface area contributed by atoms with Crippen LogP contribution in [0.1, 0.15) is 36.6 Å². The number of carbonyl (C=O) groups is 2. The second-order valence-corrected chi connectivity index (χ2v) is 12.0. The highest BCUT2D eigenvalue weighted by atomic mass is 32.2. The van der Waals surface area contributed by atoms with Crippen molar-refractivity contribution in [3.05, 3.63) is 88.7 Å². The van der Waals surface area contributed by atoms with Crippen LogP contribution in [-0.2, 0) is 15.3 Å². The Balaban J connectivity index is 1.43. The van der Waals surface area contributed by atoms with Crippen LogP contribution in [-0.4, -0.2) is 53.4 Å². The van der Waals surface area contributed by atoms with E-state index in [-0.39, 0.29) is 27.8 Å². The molecule has 1 fully saturated rings. The summed E-state index contributed by atoms with van der Waals surface area (Å²) in [5.41, 5.74) is 1.11. The number of aliphatic hydroxyl groups is 1. The smallest absolute Gasteiger partial charge is 0.301 e. The number of Topliss-reactive ketones (excluding diaryl/α,β-unsaturated/α-hetero) is 1. The van der Waals surface area contributed by atoms with E-state index in [1.54, 1.807) is 54.6 Å². The molecule has 2 aliphatic heterocycles. The second kappa shape index (κ2) is 13.2. The fourth-order valence-electron chi connectivity index (χ4n) is 5.04. The molecular weight excluding hydrogens is 621 g/mol. The highest BCUT2D eigenvalue weighted by Gasteiger charge is 2.48. The van der Waals surface area contributed by atoms with Crippen molar-refractivity contribution in [1.82, 2.24) is 10.2 Å². The van der Waals surface area contributed by atoms with Crippen LogP contribution in [0.4, 0.5) is 9.52 Å². The highest BCUT2D eigenvalue weighted by molar-refractivity contribution is 8.00. The maximum Gasteiger partial charge on any atom is 0.301 e. The van der Waals surface area contributed by atoms with Crippen LogP contribution in [0, 0.1) is 5.82 Å². The van der Waals surface area contributed by atoms with Crippen LogP contribution in [0.15, 0.2) is 70.6 Å². The zero-order valence-electron chi connectivity index (χ0n) is 24.3. The molecule has 45 heavy (non-hydrogen) atoms. The van der Waals surface area contributed by atoms with E-state index in [4.69, 9.17) is 18.9 Å². The van der Waals surface area contributed by atoms with Crippen molar-refractivity contribution in [2.24, 2.45) is 0 Å². The van der Waals surface area contributed by atoms with Crippen molar-refractivity contribution in [1.29, 1.82) is 0 Å². The van der Waals surface area contributed by atoms with E-state index in [9.17, 15) is 19.1 Å². The molecule has 1 saturated heterocycles. The average molecular weight is 650 g/mol. The summed E-state index contributed by atoms with van der Waals surface area (Å²) < 4.78 is 37.5. The van der Waals surface area contributed by atoms with Gasteiger partial charge in [0, 0.05) is 11.3 Å². The summed E-state index contributed by atoms with van der Waals surface area (Å²) in [6.07, 6.45) is 0. The lowest BCUT2D eigenvalue weighted by atomic mass is 9.95. The standard InChI is InChI=1S/C32H28FN3O7S2/c1-3-40-22-11-9-18(15-24(22)41-4-2)27-26(28(37)19-10-12-23-25(16-19)43-14-13-42-23)29(38)30(39)36(27)31-34-35-32(45-31)44-17-20-7-5-6-8-21(20)33/h5-12,15-16,27,37H,3-4,13-14,17H2,1-2H3/t27-/m1/s1. The van der Waals surface area contributed by atoms with Crippen molar-refractivity contribution in [2.45, 2.75) is 30.0 Å². The van der Waals surface area contributed by atoms with Crippen LogP contribution < -0.4 is 23.8 Å². The van der Waals surface area contributed by atoms with Gasteiger partial charge < -0.3 is 24.1 Å². The Bertz CT molecular complexity index is 1790. The number of rotatable bonds is 10. The van der Waals surface area contributed by atoms with Gasteiger partial charge >= 0.3 is 5.91 Å². The number of carbonyl (C=O) groups excluding carboxylic acids is 2. The summed E-state index contributed by atoms with van der Waals surface area (Å²) in [5.74, 6) is -0.362. The molecule has 0 radical (unpaired) electrons. The van der Waals surface area contributed by atoms with Crippen molar-refractivity contribution in [2.75, 3.05) is 31.3 Å². The minimum absolute atomic E-state index is 0.140. The molecule has 232 valence electrons. The molecule has 0 saturated carbocycles.